The standard InChI is InChI=1S/C17H17F3N6O/c18-17(19,20)5-1-13(27)23-10-4-8-26(9-10)16-14-11-2-6-21-15(11)25-24-12(14)3-7-22-16/h2-3,6-7,10,22H,1,4-5,8-9H2,(H,23,27). The molecular weight excluding hydrogens is 361 g/mol. The lowest BCUT2D eigenvalue weighted by Gasteiger charge is -2.20. The highest BCUT2D eigenvalue weighted by molar-refractivity contribution is 6.08. The van der Waals surface area contributed by atoms with E-state index in [0.29, 0.717) is 25.2 Å². The van der Waals surface area contributed by atoms with Gasteiger partial charge in [0.05, 0.1) is 17.3 Å². The van der Waals surface area contributed by atoms with E-state index in [1.807, 2.05) is 12.1 Å². The molecule has 4 heterocycles. The van der Waals surface area contributed by atoms with E-state index in [1.54, 1.807) is 12.4 Å². The van der Waals surface area contributed by atoms with Gasteiger partial charge in [-0.15, -0.1) is 10.2 Å². The van der Waals surface area contributed by atoms with Crippen molar-refractivity contribution in [1.29, 1.82) is 0 Å². The lowest BCUT2D eigenvalue weighted by molar-refractivity contribution is -0.144. The normalized spacial score (nSPS) is 17.7. The van der Waals surface area contributed by atoms with Crippen molar-refractivity contribution in [2.45, 2.75) is 31.5 Å². The number of carbonyl (C=O) groups excluding carboxylic acids is 1. The Kier molecular flexibility index (Phi) is 4.33. The maximum atomic E-state index is 12.3. The van der Waals surface area contributed by atoms with Crippen LogP contribution in [-0.4, -0.2) is 51.4 Å². The third kappa shape index (κ3) is 3.64. The van der Waals surface area contributed by atoms with Gasteiger partial charge < -0.3 is 15.2 Å². The number of alkyl halides is 3. The number of halogens is 3. The van der Waals surface area contributed by atoms with Gasteiger partial charge in [-0.25, -0.2) is 4.98 Å². The molecule has 0 aromatic carbocycles. The Labute approximate surface area is 152 Å². The second kappa shape index (κ2) is 6.67. The number of amides is 1. The smallest absolute Gasteiger partial charge is 0.355 e. The molecule has 1 aliphatic heterocycles. The molecule has 1 amide bonds. The molecule has 1 fully saturated rings. The summed E-state index contributed by atoms with van der Waals surface area (Å²) >= 11 is 0. The number of fused-ring (bicyclic) bond motifs is 3. The van der Waals surface area contributed by atoms with E-state index >= 15 is 0 Å². The lowest BCUT2D eigenvalue weighted by Crippen LogP contribution is -2.37. The van der Waals surface area contributed by atoms with Crippen LogP contribution >= 0.6 is 0 Å². The molecule has 142 valence electrons. The SMILES string of the molecule is O=C(CCC(F)(F)F)NC1CCN(c2[nH]ccc3nnc4nccc4c23)C1. The van der Waals surface area contributed by atoms with E-state index in [9.17, 15) is 18.0 Å². The molecular formula is C17H17F3N6O. The van der Waals surface area contributed by atoms with Gasteiger partial charge >= 0.3 is 6.18 Å². The molecule has 3 aromatic heterocycles. The third-order valence-electron chi connectivity index (χ3n) is 4.66. The summed E-state index contributed by atoms with van der Waals surface area (Å²) in [5.41, 5.74) is 1.28. The second-order valence-electron chi connectivity index (χ2n) is 6.58. The number of H-pyrrole nitrogens is 1. The van der Waals surface area contributed by atoms with Crippen LogP contribution in [0.2, 0.25) is 0 Å². The Balaban J connectivity index is 1.51. The van der Waals surface area contributed by atoms with Gasteiger partial charge in [0.15, 0.2) is 5.65 Å². The minimum Gasteiger partial charge on any atom is -0.355 e. The molecule has 1 saturated heterocycles. The fraction of sp³-hybridized carbons (Fsp3) is 0.412. The zero-order valence-electron chi connectivity index (χ0n) is 14.3. The summed E-state index contributed by atoms with van der Waals surface area (Å²) in [6.07, 6.45) is -1.88. The average Bonchev–Trinajstić information content (AvgIpc) is 3.28. The van der Waals surface area contributed by atoms with E-state index in [0.717, 1.165) is 22.1 Å². The van der Waals surface area contributed by atoms with Crippen LogP contribution in [-0.2, 0) is 4.79 Å². The lowest BCUT2D eigenvalue weighted by atomic mass is 10.2. The number of aromatic nitrogens is 4. The minimum atomic E-state index is -4.32. The molecule has 0 radical (unpaired) electrons. The molecule has 27 heavy (non-hydrogen) atoms. The topological polar surface area (TPSA) is 86.8 Å². The van der Waals surface area contributed by atoms with Gasteiger partial charge in [-0.3, -0.25) is 4.79 Å². The first kappa shape index (κ1) is 17.5. The molecule has 1 aliphatic rings. The zero-order valence-corrected chi connectivity index (χ0v) is 14.3. The molecule has 2 N–H and O–H groups in total. The van der Waals surface area contributed by atoms with Gasteiger partial charge in [0.2, 0.25) is 5.91 Å². The number of hydrogen-bond donors (Lipinski definition) is 2. The maximum absolute atomic E-state index is 12.3. The largest absolute Gasteiger partial charge is 0.389 e. The van der Waals surface area contributed by atoms with Crippen molar-refractivity contribution in [2.24, 2.45) is 0 Å². The molecule has 0 spiro atoms. The van der Waals surface area contributed by atoms with Crippen LogP contribution in [0, 0.1) is 0 Å². The molecule has 4 rings (SSSR count). The third-order valence-corrected chi connectivity index (χ3v) is 4.66. The van der Waals surface area contributed by atoms with Crippen molar-refractivity contribution in [3.63, 3.8) is 0 Å². The number of nitrogens with one attached hydrogen (secondary N) is 2. The van der Waals surface area contributed by atoms with Crippen molar-refractivity contribution in [1.82, 2.24) is 25.5 Å². The number of carbonyl (C=O) groups is 1. The summed E-state index contributed by atoms with van der Waals surface area (Å²) in [6.45, 7) is 1.17. The van der Waals surface area contributed by atoms with Crippen LogP contribution in [0.5, 0.6) is 0 Å². The van der Waals surface area contributed by atoms with Gasteiger partial charge in [0, 0.05) is 43.3 Å². The molecule has 0 saturated carbocycles. The van der Waals surface area contributed by atoms with E-state index in [2.05, 4.69) is 30.4 Å². The highest BCUT2D eigenvalue weighted by Gasteiger charge is 2.30. The fourth-order valence-electron chi connectivity index (χ4n) is 3.41. The molecule has 1 atom stereocenters. The van der Waals surface area contributed by atoms with Gasteiger partial charge in [0.1, 0.15) is 5.82 Å². The summed E-state index contributed by atoms with van der Waals surface area (Å²) in [4.78, 5) is 21.2. The first-order chi connectivity index (χ1) is 12.9. The molecule has 1 unspecified atom stereocenters. The number of nitrogens with zero attached hydrogens (tertiary/aromatic N) is 4. The summed E-state index contributed by atoms with van der Waals surface area (Å²) in [6, 6.07) is 3.50. The Bertz CT molecular complexity index is 986. The van der Waals surface area contributed by atoms with Crippen molar-refractivity contribution >= 4 is 33.7 Å². The first-order valence-corrected chi connectivity index (χ1v) is 8.60. The molecule has 10 heteroatoms. The zero-order chi connectivity index (χ0) is 19.0. The van der Waals surface area contributed by atoms with Gasteiger partial charge in [-0.2, -0.15) is 13.2 Å². The Morgan fingerprint density at radius 2 is 2.19 bits per heavy atom. The summed E-state index contributed by atoms with van der Waals surface area (Å²) in [5.74, 6) is 0.266. The Morgan fingerprint density at radius 1 is 1.33 bits per heavy atom. The van der Waals surface area contributed by atoms with Crippen molar-refractivity contribution < 1.29 is 18.0 Å². The highest BCUT2D eigenvalue weighted by atomic mass is 19.4. The number of rotatable bonds is 4. The fourth-order valence-corrected chi connectivity index (χ4v) is 3.41. The van der Waals surface area contributed by atoms with Crippen LogP contribution in [0.1, 0.15) is 19.3 Å². The molecule has 7 nitrogen and oxygen atoms in total. The maximum Gasteiger partial charge on any atom is 0.389 e. The van der Waals surface area contributed by atoms with Gasteiger partial charge in [-0.05, 0) is 18.6 Å². The second-order valence-corrected chi connectivity index (χ2v) is 6.58. The van der Waals surface area contributed by atoms with E-state index in [-0.39, 0.29) is 6.04 Å². The van der Waals surface area contributed by atoms with Crippen LogP contribution in [0.25, 0.3) is 21.9 Å². The van der Waals surface area contributed by atoms with E-state index in [4.69, 9.17) is 0 Å². The summed E-state index contributed by atoms with van der Waals surface area (Å²) < 4.78 is 36.8. The van der Waals surface area contributed by atoms with Crippen molar-refractivity contribution in [3.8, 4) is 0 Å². The quantitative estimate of drug-likeness (QED) is 0.729. The van der Waals surface area contributed by atoms with Crippen LogP contribution < -0.4 is 10.2 Å². The number of hydrogen-bond acceptors (Lipinski definition) is 5. The molecule has 0 bridgehead atoms. The van der Waals surface area contributed by atoms with Crippen molar-refractivity contribution in [3.05, 3.63) is 24.5 Å². The Morgan fingerprint density at radius 3 is 3.00 bits per heavy atom. The van der Waals surface area contributed by atoms with E-state index < -0.39 is 24.9 Å². The molecule has 0 aliphatic carbocycles. The van der Waals surface area contributed by atoms with Crippen LogP contribution in [0.3, 0.4) is 0 Å². The van der Waals surface area contributed by atoms with E-state index in [1.165, 1.54) is 0 Å². The summed E-state index contributed by atoms with van der Waals surface area (Å²) in [7, 11) is 0. The predicted molar refractivity (Wildman–Crippen MR) is 93.2 cm³/mol. The highest BCUT2D eigenvalue weighted by Crippen LogP contribution is 2.31. The van der Waals surface area contributed by atoms with Gasteiger partial charge in [-0.1, -0.05) is 0 Å². The Hall–Kier alpha value is -2.91. The first-order valence-electron chi connectivity index (χ1n) is 8.60. The number of aromatic amines is 1. The average molecular weight is 378 g/mol. The monoisotopic (exact) mass is 378 g/mol. The minimum absolute atomic E-state index is 0.197. The van der Waals surface area contributed by atoms with Gasteiger partial charge in [0.25, 0.3) is 0 Å². The number of pyridine rings is 1. The number of anilines is 1. The predicted octanol–water partition coefficient (Wildman–Crippen LogP) is 2.54. The van der Waals surface area contributed by atoms with Crippen molar-refractivity contribution in [2.75, 3.05) is 18.0 Å². The molecule has 3 aromatic rings. The van der Waals surface area contributed by atoms with Crippen LogP contribution in [0.4, 0.5) is 19.0 Å². The van der Waals surface area contributed by atoms with Crippen LogP contribution in [0.15, 0.2) is 24.5 Å². The summed E-state index contributed by atoms with van der Waals surface area (Å²) in [5, 5.41) is 12.8.